The number of allylic oxidation sites excluding steroid dienone is 1. The monoisotopic (exact) mass is 288 g/mol. The summed E-state index contributed by atoms with van der Waals surface area (Å²) in [6, 6.07) is 10.2. The first-order valence-electron chi connectivity index (χ1n) is 8.17. The van der Waals surface area contributed by atoms with Crippen LogP contribution in [0, 0.1) is 5.92 Å². The Morgan fingerprint density at radius 2 is 1.81 bits per heavy atom. The summed E-state index contributed by atoms with van der Waals surface area (Å²) < 4.78 is 0. The van der Waals surface area contributed by atoms with Gasteiger partial charge in [-0.2, -0.15) is 0 Å². The Balaban J connectivity index is 2.43. The Bertz CT molecular complexity index is 409. The van der Waals surface area contributed by atoms with Gasteiger partial charge in [-0.05, 0) is 24.3 Å². The number of carboxylic acids is 1. The van der Waals surface area contributed by atoms with Crippen LogP contribution in [-0.2, 0) is 4.79 Å². The quantitative estimate of drug-likeness (QED) is 0.543. The van der Waals surface area contributed by atoms with Gasteiger partial charge in [-0.15, -0.1) is 0 Å². The van der Waals surface area contributed by atoms with E-state index in [2.05, 4.69) is 31.2 Å². The zero-order valence-electron chi connectivity index (χ0n) is 13.1. The Morgan fingerprint density at radius 1 is 1.10 bits per heavy atom. The molecule has 1 aromatic rings. The third kappa shape index (κ3) is 9.06. The van der Waals surface area contributed by atoms with Crippen molar-refractivity contribution >= 4 is 12.0 Å². The summed E-state index contributed by atoms with van der Waals surface area (Å²) in [7, 11) is 0. The topological polar surface area (TPSA) is 37.3 Å². The highest BCUT2D eigenvalue weighted by Crippen LogP contribution is 2.19. The fraction of sp³-hybridized carbons (Fsp3) is 0.526. The van der Waals surface area contributed by atoms with E-state index in [-0.39, 0.29) is 6.42 Å². The Morgan fingerprint density at radius 3 is 2.48 bits per heavy atom. The van der Waals surface area contributed by atoms with Gasteiger partial charge in [0.15, 0.2) is 0 Å². The van der Waals surface area contributed by atoms with Crippen LogP contribution in [0.15, 0.2) is 36.4 Å². The zero-order valence-corrected chi connectivity index (χ0v) is 13.1. The largest absolute Gasteiger partial charge is 0.481 e. The molecule has 1 rings (SSSR count). The maximum atomic E-state index is 10.8. The van der Waals surface area contributed by atoms with Crippen LogP contribution in [0.1, 0.15) is 63.9 Å². The van der Waals surface area contributed by atoms with Crippen molar-refractivity contribution in [2.75, 3.05) is 0 Å². The molecule has 1 unspecified atom stereocenters. The van der Waals surface area contributed by atoms with Crippen LogP contribution in [0.4, 0.5) is 0 Å². The van der Waals surface area contributed by atoms with Crippen molar-refractivity contribution in [2.24, 2.45) is 5.92 Å². The Kier molecular flexibility index (Phi) is 9.26. The minimum atomic E-state index is -0.695. The zero-order chi connectivity index (χ0) is 15.3. The van der Waals surface area contributed by atoms with Gasteiger partial charge in [0.2, 0.25) is 0 Å². The number of unbranched alkanes of at least 4 members (excludes halogenated alkanes) is 4. The summed E-state index contributed by atoms with van der Waals surface area (Å²) in [5.74, 6) is -0.318. The van der Waals surface area contributed by atoms with E-state index in [0.717, 1.165) is 12.8 Å². The van der Waals surface area contributed by atoms with Crippen molar-refractivity contribution in [3.8, 4) is 0 Å². The maximum absolute atomic E-state index is 10.8. The summed E-state index contributed by atoms with van der Waals surface area (Å²) >= 11 is 0. The molecule has 0 aliphatic carbocycles. The highest BCUT2D eigenvalue weighted by atomic mass is 16.4. The number of aliphatic carboxylic acids is 1. The van der Waals surface area contributed by atoms with Crippen LogP contribution in [-0.4, -0.2) is 11.1 Å². The molecule has 1 N–H and O–H groups in total. The Hall–Kier alpha value is -1.57. The first-order valence-corrected chi connectivity index (χ1v) is 8.17. The lowest BCUT2D eigenvalue weighted by molar-refractivity contribution is -0.137. The second-order valence-corrected chi connectivity index (χ2v) is 5.67. The first kappa shape index (κ1) is 17.5. The molecule has 116 valence electrons. The molecule has 0 aromatic heterocycles. The second-order valence-electron chi connectivity index (χ2n) is 5.67. The van der Waals surface area contributed by atoms with Crippen molar-refractivity contribution in [2.45, 2.75) is 58.3 Å². The predicted molar refractivity (Wildman–Crippen MR) is 89.2 cm³/mol. The molecular weight excluding hydrogens is 260 g/mol. The van der Waals surface area contributed by atoms with E-state index in [1.165, 1.54) is 37.7 Å². The lowest BCUT2D eigenvalue weighted by Crippen LogP contribution is -2.02. The van der Waals surface area contributed by atoms with Crippen LogP contribution in [0.3, 0.4) is 0 Å². The van der Waals surface area contributed by atoms with Gasteiger partial charge in [0.25, 0.3) is 0 Å². The molecule has 21 heavy (non-hydrogen) atoms. The fourth-order valence-electron chi connectivity index (χ4n) is 2.47. The van der Waals surface area contributed by atoms with Crippen LogP contribution in [0.25, 0.3) is 6.08 Å². The van der Waals surface area contributed by atoms with E-state index < -0.39 is 5.97 Å². The molecule has 0 aliphatic heterocycles. The fourth-order valence-corrected chi connectivity index (χ4v) is 2.47. The van der Waals surface area contributed by atoms with E-state index in [0.29, 0.717) is 5.92 Å². The molecule has 0 aliphatic rings. The number of hydrogen-bond donors (Lipinski definition) is 1. The normalized spacial score (nSPS) is 12.6. The summed E-state index contributed by atoms with van der Waals surface area (Å²) in [5, 5.41) is 8.87. The van der Waals surface area contributed by atoms with Gasteiger partial charge in [0.1, 0.15) is 0 Å². The molecule has 0 heterocycles. The van der Waals surface area contributed by atoms with Crippen LogP contribution >= 0.6 is 0 Å². The van der Waals surface area contributed by atoms with Crippen LogP contribution in [0.5, 0.6) is 0 Å². The molecule has 2 heteroatoms. The smallest absolute Gasteiger partial charge is 0.303 e. The van der Waals surface area contributed by atoms with E-state index in [1.807, 2.05) is 18.2 Å². The molecule has 0 saturated carbocycles. The number of rotatable bonds is 11. The molecule has 0 spiro atoms. The summed E-state index contributed by atoms with van der Waals surface area (Å²) in [6.07, 6.45) is 12.7. The molecule has 0 fully saturated rings. The van der Waals surface area contributed by atoms with Gasteiger partial charge in [0.05, 0.1) is 0 Å². The molecule has 1 atom stereocenters. The predicted octanol–water partition coefficient (Wildman–Crippen LogP) is 5.54. The third-order valence-electron chi connectivity index (χ3n) is 3.77. The average molecular weight is 288 g/mol. The maximum Gasteiger partial charge on any atom is 0.303 e. The second kappa shape index (κ2) is 11.1. The minimum Gasteiger partial charge on any atom is -0.481 e. The lowest BCUT2D eigenvalue weighted by Gasteiger charge is -2.11. The summed E-state index contributed by atoms with van der Waals surface area (Å²) in [5.41, 5.74) is 1.18. The summed E-state index contributed by atoms with van der Waals surface area (Å²) in [6.45, 7) is 2.22. The average Bonchev–Trinajstić information content (AvgIpc) is 2.50. The van der Waals surface area contributed by atoms with Crippen LogP contribution in [0.2, 0.25) is 0 Å². The molecule has 1 aromatic carbocycles. The summed E-state index contributed by atoms with van der Waals surface area (Å²) in [4.78, 5) is 10.8. The van der Waals surface area contributed by atoms with Gasteiger partial charge in [0, 0.05) is 6.42 Å². The molecule has 0 amide bonds. The third-order valence-corrected chi connectivity index (χ3v) is 3.77. The van der Waals surface area contributed by atoms with E-state index in [1.54, 1.807) is 0 Å². The van der Waals surface area contributed by atoms with Crippen molar-refractivity contribution < 1.29 is 9.90 Å². The van der Waals surface area contributed by atoms with E-state index in [4.69, 9.17) is 5.11 Å². The number of carboxylic acid groups (broad SMARTS) is 1. The van der Waals surface area contributed by atoms with E-state index >= 15 is 0 Å². The van der Waals surface area contributed by atoms with Gasteiger partial charge >= 0.3 is 5.97 Å². The van der Waals surface area contributed by atoms with Crippen molar-refractivity contribution in [1.82, 2.24) is 0 Å². The van der Waals surface area contributed by atoms with Crippen LogP contribution < -0.4 is 0 Å². The molecule has 0 radical (unpaired) electrons. The highest BCUT2D eigenvalue weighted by molar-refractivity contribution is 5.66. The molecule has 0 saturated heterocycles. The molecule has 0 bridgehead atoms. The SMILES string of the molecule is CCCCCCCC(C=Cc1ccccc1)CCC(=O)O. The first-order chi connectivity index (χ1) is 10.2. The standard InChI is InChI=1S/C19H28O2/c1-2-3-4-5-7-12-18(15-16-19(20)21)14-13-17-10-8-6-9-11-17/h6,8-11,13-14,18H,2-5,7,12,15-16H2,1H3,(H,20,21). The van der Waals surface area contributed by atoms with Gasteiger partial charge < -0.3 is 5.11 Å². The Labute approximate surface area is 128 Å². The van der Waals surface area contributed by atoms with Crippen molar-refractivity contribution in [3.63, 3.8) is 0 Å². The lowest BCUT2D eigenvalue weighted by atomic mass is 9.94. The van der Waals surface area contributed by atoms with Crippen molar-refractivity contribution in [1.29, 1.82) is 0 Å². The van der Waals surface area contributed by atoms with Gasteiger partial charge in [-0.3, -0.25) is 4.79 Å². The number of hydrogen-bond acceptors (Lipinski definition) is 1. The minimum absolute atomic E-state index is 0.263. The number of carbonyl (C=O) groups is 1. The highest BCUT2D eigenvalue weighted by Gasteiger charge is 2.07. The number of benzene rings is 1. The van der Waals surface area contributed by atoms with Gasteiger partial charge in [-0.25, -0.2) is 0 Å². The van der Waals surface area contributed by atoms with Gasteiger partial charge in [-0.1, -0.05) is 81.5 Å². The molecule has 2 nitrogen and oxygen atoms in total. The van der Waals surface area contributed by atoms with Crippen molar-refractivity contribution in [3.05, 3.63) is 42.0 Å². The molecular formula is C19H28O2. The van der Waals surface area contributed by atoms with E-state index in [9.17, 15) is 4.79 Å².